The number of fused-ring (bicyclic) bond motifs is 1. The van der Waals surface area contributed by atoms with Crippen molar-refractivity contribution in [2.75, 3.05) is 0 Å². The molecule has 1 N–H and O–H groups in total. The molecule has 2 aromatic heterocycles. The predicted molar refractivity (Wildman–Crippen MR) is 108 cm³/mol. The molecule has 1 unspecified atom stereocenters. The summed E-state index contributed by atoms with van der Waals surface area (Å²) in [5, 5.41) is 19.5. The Bertz CT molecular complexity index is 1240. The van der Waals surface area contributed by atoms with E-state index in [0.29, 0.717) is 32.9 Å². The number of aryl methyl sites for hydroxylation is 2. The fourth-order valence-electron chi connectivity index (χ4n) is 3.28. The number of phenolic OH excluding ortho intramolecular Hbond substituents is 1. The van der Waals surface area contributed by atoms with Crippen LogP contribution in [-0.2, 0) is 0 Å². The molecular weight excluding hydrogens is 378 g/mol. The minimum absolute atomic E-state index is 0.107. The number of rotatable bonds is 3. The maximum atomic E-state index is 13.2. The summed E-state index contributed by atoms with van der Waals surface area (Å²) in [4.78, 5) is 13.2. The van der Waals surface area contributed by atoms with Crippen LogP contribution < -0.4 is 5.56 Å². The van der Waals surface area contributed by atoms with Gasteiger partial charge in [-0.3, -0.25) is 4.79 Å². The molecule has 0 aliphatic rings. The van der Waals surface area contributed by atoms with Crippen molar-refractivity contribution < 1.29 is 9.63 Å². The van der Waals surface area contributed by atoms with Gasteiger partial charge in [-0.25, -0.2) is 4.68 Å². The zero-order valence-corrected chi connectivity index (χ0v) is 16.4. The van der Waals surface area contributed by atoms with Crippen molar-refractivity contribution in [3.05, 3.63) is 74.7 Å². The van der Waals surface area contributed by atoms with Crippen molar-refractivity contribution in [3.8, 4) is 17.0 Å². The summed E-state index contributed by atoms with van der Waals surface area (Å²) in [6, 6.07) is 12.0. The first-order chi connectivity index (χ1) is 13.4. The zero-order chi connectivity index (χ0) is 20.0. The maximum Gasteiger partial charge on any atom is 0.280 e. The van der Waals surface area contributed by atoms with Crippen molar-refractivity contribution in [2.24, 2.45) is 0 Å². The lowest BCUT2D eigenvalue weighted by molar-refractivity contribution is 0.448. The van der Waals surface area contributed by atoms with Gasteiger partial charge in [-0.1, -0.05) is 35.0 Å². The van der Waals surface area contributed by atoms with Crippen LogP contribution in [0.25, 0.3) is 22.2 Å². The van der Waals surface area contributed by atoms with Gasteiger partial charge in [0, 0.05) is 10.6 Å². The van der Waals surface area contributed by atoms with Crippen LogP contribution in [-0.4, -0.2) is 20.0 Å². The summed E-state index contributed by atoms with van der Waals surface area (Å²) < 4.78 is 6.87. The molecule has 4 aromatic rings. The fourth-order valence-corrected chi connectivity index (χ4v) is 3.41. The molecule has 28 heavy (non-hydrogen) atoms. The molecule has 0 aliphatic carbocycles. The summed E-state index contributed by atoms with van der Waals surface area (Å²) in [6.07, 6.45) is 0. The highest BCUT2D eigenvalue weighted by Crippen LogP contribution is 2.32. The lowest BCUT2D eigenvalue weighted by Gasteiger charge is -2.16. The summed E-state index contributed by atoms with van der Waals surface area (Å²) in [5.41, 5.74) is 3.46. The fraction of sp³-hybridized carbons (Fsp3) is 0.190. The van der Waals surface area contributed by atoms with E-state index in [4.69, 9.17) is 16.1 Å². The summed E-state index contributed by atoms with van der Waals surface area (Å²) >= 11 is 5.99. The highest BCUT2D eigenvalue weighted by Gasteiger charge is 2.23. The lowest BCUT2D eigenvalue weighted by Crippen LogP contribution is -2.27. The van der Waals surface area contributed by atoms with Crippen molar-refractivity contribution >= 4 is 22.6 Å². The van der Waals surface area contributed by atoms with Gasteiger partial charge < -0.3 is 9.63 Å². The number of hydrogen-bond acceptors (Lipinski definition) is 5. The third-order valence-corrected chi connectivity index (χ3v) is 5.15. The second kappa shape index (κ2) is 6.80. The zero-order valence-electron chi connectivity index (χ0n) is 15.6. The molecule has 0 amide bonds. The molecule has 0 saturated heterocycles. The van der Waals surface area contributed by atoms with Crippen LogP contribution in [0.2, 0.25) is 5.02 Å². The van der Waals surface area contributed by atoms with E-state index in [-0.39, 0.29) is 17.4 Å². The average Bonchev–Trinajstić information content (AvgIpc) is 3.07. The van der Waals surface area contributed by atoms with E-state index >= 15 is 0 Å². The Hall–Kier alpha value is -3.12. The predicted octanol–water partition coefficient (Wildman–Crippen LogP) is 4.64. The number of aromatic nitrogens is 3. The maximum absolute atomic E-state index is 13.2. The Morgan fingerprint density at radius 1 is 1.14 bits per heavy atom. The van der Waals surface area contributed by atoms with E-state index in [2.05, 4.69) is 10.3 Å². The second-order valence-electron chi connectivity index (χ2n) is 6.80. The normalized spacial score (nSPS) is 12.4. The summed E-state index contributed by atoms with van der Waals surface area (Å²) in [6.45, 7) is 5.53. The summed E-state index contributed by atoms with van der Waals surface area (Å²) in [7, 11) is 0. The molecule has 6 nitrogen and oxygen atoms in total. The Labute approximate surface area is 166 Å². The second-order valence-corrected chi connectivity index (χ2v) is 7.23. The molecule has 2 heterocycles. The van der Waals surface area contributed by atoms with Crippen LogP contribution in [0.4, 0.5) is 0 Å². The van der Waals surface area contributed by atoms with Gasteiger partial charge in [0.15, 0.2) is 0 Å². The molecular formula is C21H18ClN3O3. The van der Waals surface area contributed by atoms with Gasteiger partial charge in [0.1, 0.15) is 16.8 Å². The number of phenols is 1. The monoisotopic (exact) mass is 395 g/mol. The lowest BCUT2D eigenvalue weighted by atomic mass is 10.0. The number of aromatic hydroxyl groups is 1. The van der Waals surface area contributed by atoms with Crippen LogP contribution in [0.15, 0.2) is 51.8 Å². The smallest absolute Gasteiger partial charge is 0.280 e. The molecule has 0 spiro atoms. The van der Waals surface area contributed by atoms with Crippen molar-refractivity contribution in [1.82, 2.24) is 14.9 Å². The standard InChI is InChI=1S/C21H18ClN3O3/c1-11-4-9-16(26)10-17(11)19-20-18(12(2)24-28-20)21(27)25(23-19)13(3)14-5-7-15(22)8-6-14/h4-10,13,26H,1-3H3. The highest BCUT2D eigenvalue weighted by molar-refractivity contribution is 6.30. The summed E-state index contributed by atoms with van der Waals surface area (Å²) in [5.74, 6) is 0.107. The Balaban J connectivity index is 2.01. The van der Waals surface area contributed by atoms with Crippen LogP contribution in [0.1, 0.15) is 29.8 Å². The molecule has 142 valence electrons. The molecule has 0 radical (unpaired) electrons. The Morgan fingerprint density at radius 3 is 2.57 bits per heavy atom. The third kappa shape index (κ3) is 2.96. The molecule has 2 aromatic carbocycles. The highest BCUT2D eigenvalue weighted by atomic mass is 35.5. The number of hydrogen-bond donors (Lipinski definition) is 1. The van der Waals surface area contributed by atoms with Gasteiger partial charge in [0.05, 0.1) is 11.7 Å². The van der Waals surface area contributed by atoms with E-state index in [1.54, 1.807) is 37.3 Å². The SMILES string of the molecule is Cc1ccc(O)cc1-c1nn(C(C)c2ccc(Cl)cc2)c(=O)c2c(C)noc12. The van der Waals surface area contributed by atoms with E-state index in [1.807, 2.05) is 26.0 Å². The van der Waals surface area contributed by atoms with E-state index in [0.717, 1.165) is 11.1 Å². The van der Waals surface area contributed by atoms with Gasteiger partial charge >= 0.3 is 0 Å². The topological polar surface area (TPSA) is 81.2 Å². The third-order valence-electron chi connectivity index (χ3n) is 4.90. The van der Waals surface area contributed by atoms with Gasteiger partial charge in [-0.2, -0.15) is 5.10 Å². The van der Waals surface area contributed by atoms with Crippen molar-refractivity contribution in [3.63, 3.8) is 0 Å². The Kier molecular flexibility index (Phi) is 4.43. The Morgan fingerprint density at radius 2 is 1.86 bits per heavy atom. The first-order valence-electron chi connectivity index (χ1n) is 8.81. The van der Waals surface area contributed by atoms with Crippen molar-refractivity contribution in [1.29, 1.82) is 0 Å². The minimum atomic E-state index is -0.333. The quantitative estimate of drug-likeness (QED) is 0.546. The number of halogens is 1. The molecule has 4 rings (SSSR count). The first-order valence-corrected chi connectivity index (χ1v) is 9.19. The first kappa shape index (κ1) is 18.3. The molecule has 0 bridgehead atoms. The molecule has 0 fully saturated rings. The number of benzene rings is 2. The average molecular weight is 396 g/mol. The molecule has 1 atom stereocenters. The number of nitrogens with zero attached hydrogens (tertiary/aromatic N) is 3. The van der Waals surface area contributed by atoms with Gasteiger partial charge in [0.25, 0.3) is 5.56 Å². The van der Waals surface area contributed by atoms with E-state index in [9.17, 15) is 9.90 Å². The largest absolute Gasteiger partial charge is 0.508 e. The molecule has 0 saturated carbocycles. The molecule has 7 heteroatoms. The molecule has 0 aliphatic heterocycles. The minimum Gasteiger partial charge on any atom is -0.508 e. The van der Waals surface area contributed by atoms with Crippen LogP contribution in [0, 0.1) is 13.8 Å². The van der Waals surface area contributed by atoms with Crippen LogP contribution in [0.5, 0.6) is 5.75 Å². The van der Waals surface area contributed by atoms with E-state index < -0.39 is 0 Å². The van der Waals surface area contributed by atoms with E-state index in [1.165, 1.54) is 4.68 Å². The van der Waals surface area contributed by atoms with Crippen LogP contribution >= 0.6 is 11.6 Å². The van der Waals surface area contributed by atoms with Crippen molar-refractivity contribution in [2.45, 2.75) is 26.8 Å². The van der Waals surface area contributed by atoms with Gasteiger partial charge in [-0.15, -0.1) is 0 Å². The van der Waals surface area contributed by atoms with Gasteiger partial charge in [0.2, 0.25) is 5.58 Å². The van der Waals surface area contributed by atoms with Gasteiger partial charge in [-0.05, 0) is 56.2 Å². The van der Waals surface area contributed by atoms with Crippen LogP contribution in [0.3, 0.4) is 0 Å².